The Labute approximate surface area is 121 Å². The molecule has 0 atom stereocenters. The van der Waals surface area contributed by atoms with Gasteiger partial charge in [-0.2, -0.15) is 0 Å². The van der Waals surface area contributed by atoms with Crippen LogP contribution in [0.15, 0.2) is 47.4 Å². The predicted octanol–water partition coefficient (Wildman–Crippen LogP) is 2.71. The van der Waals surface area contributed by atoms with Crippen molar-refractivity contribution in [2.75, 3.05) is 0 Å². The van der Waals surface area contributed by atoms with Crippen molar-refractivity contribution < 1.29 is 17.5 Å². The van der Waals surface area contributed by atoms with Gasteiger partial charge in [0.05, 0.1) is 9.92 Å². The molecule has 2 aromatic carbocycles. The molecule has 0 amide bonds. The fraction of sp³-hybridized carbons (Fsp3) is 0.0769. The van der Waals surface area contributed by atoms with Crippen LogP contribution in [0.5, 0.6) is 5.75 Å². The molecule has 2 aromatic rings. The second-order valence-corrected chi connectivity index (χ2v) is 6.02. The molecule has 20 heavy (non-hydrogen) atoms. The lowest BCUT2D eigenvalue weighted by Crippen LogP contribution is -2.12. The summed E-state index contributed by atoms with van der Waals surface area (Å²) in [7, 11) is -3.80. The summed E-state index contributed by atoms with van der Waals surface area (Å²) in [6, 6.07) is 9.77. The number of ether oxygens (including phenoxy) is 1. The van der Waals surface area contributed by atoms with Gasteiger partial charge in [-0.3, -0.25) is 0 Å². The number of hydrogen-bond acceptors (Lipinski definition) is 3. The highest BCUT2D eigenvalue weighted by Gasteiger charge is 2.11. The Hall–Kier alpha value is -1.63. The summed E-state index contributed by atoms with van der Waals surface area (Å²) in [4.78, 5) is -0.0865. The Balaban J connectivity index is 2.12. The summed E-state index contributed by atoms with van der Waals surface area (Å²) < 4.78 is 40.5. The zero-order valence-corrected chi connectivity index (χ0v) is 11.8. The standard InChI is InChI=1S/C13H11ClFNO3S/c14-12-7-11(20(16,17)18)5-6-13(12)19-8-9-1-3-10(15)4-2-9/h1-7H,8H2,(H2,16,17,18). The van der Waals surface area contributed by atoms with Gasteiger partial charge in [-0.15, -0.1) is 0 Å². The van der Waals surface area contributed by atoms with Crippen LogP contribution in [0, 0.1) is 5.82 Å². The van der Waals surface area contributed by atoms with E-state index in [-0.39, 0.29) is 22.3 Å². The number of nitrogens with two attached hydrogens (primary N) is 1. The number of halogens is 2. The fourth-order valence-electron chi connectivity index (χ4n) is 1.52. The second kappa shape index (κ2) is 5.78. The van der Waals surface area contributed by atoms with Gasteiger partial charge in [0, 0.05) is 0 Å². The fourth-order valence-corrected chi connectivity index (χ4v) is 2.36. The summed E-state index contributed by atoms with van der Waals surface area (Å²) in [5.74, 6) is -0.00678. The van der Waals surface area contributed by atoms with Crippen LogP contribution in [0.2, 0.25) is 5.02 Å². The van der Waals surface area contributed by atoms with Crippen LogP contribution in [0.25, 0.3) is 0 Å². The van der Waals surface area contributed by atoms with Gasteiger partial charge in [0.25, 0.3) is 0 Å². The lowest BCUT2D eigenvalue weighted by atomic mass is 10.2. The molecule has 4 nitrogen and oxygen atoms in total. The average Bonchev–Trinajstić information content (AvgIpc) is 2.38. The first-order valence-corrected chi connectivity index (χ1v) is 7.48. The molecule has 0 aromatic heterocycles. The van der Waals surface area contributed by atoms with Crippen molar-refractivity contribution in [1.29, 1.82) is 0 Å². The molecule has 0 spiro atoms. The SMILES string of the molecule is NS(=O)(=O)c1ccc(OCc2ccc(F)cc2)c(Cl)c1. The molecule has 0 heterocycles. The van der Waals surface area contributed by atoms with E-state index in [0.29, 0.717) is 5.75 Å². The van der Waals surface area contributed by atoms with Crippen LogP contribution in [0.1, 0.15) is 5.56 Å². The lowest BCUT2D eigenvalue weighted by Gasteiger charge is -2.09. The number of hydrogen-bond donors (Lipinski definition) is 1. The van der Waals surface area contributed by atoms with Gasteiger partial charge >= 0.3 is 0 Å². The maximum Gasteiger partial charge on any atom is 0.238 e. The summed E-state index contributed by atoms with van der Waals surface area (Å²) in [6.45, 7) is 0.189. The topological polar surface area (TPSA) is 69.4 Å². The van der Waals surface area contributed by atoms with Crippen molar-refractivity contribution in [3.63, 3.8) is 0 Å². The van der Waals surface area contributed by atoms with E-state index in [9.17, 15) is 12.8 Å². The largest absolute Gasteiger partial charge is 0.487 e. The van der Waals surface area contributed by atoms with Crippen LogP contribution in [-0.4, -0.2) is 8.42 Å². The molecule has 0 unspecified atom stereocenters. The molecule has 0 saturated heterocycles. The normalized spacial score (nSPS) is 11.3. The molecule has 0 radical (unpaired) electrons. The van der Waals surface area contributed by atoms with Crippen LogP contribution in [0.4, 0.5) is 4.39 Å². The molecule has 2 rings (SSSR count). The van der Waals surface area contributed by atoms with E-state index in [1.807, 2.05) is 0 Å². The molecule has 0 aliphatic carbocycles. The van der Waals surface area contributed by atoms with Crippen molar-refractivity contribution in [3.05, 3.63) is 58.9 Å². The van der Waals surface area contributed by atoms with E-state index in [1.54, 1.807) is 12.1 Å². The molecular weight excluding hydrogens is 305 g/mol. The second-order valence-electron chi connectivity index (χ2n) is 4.05. The summed E-state index contributed by atoms with van der Waals surface area (Å²) in [5, 5.41) is 5.13. The van der Waals surface area contributed by atoms with E-state index in [1.165, 1.54) is 30.3 Å². The van der Waals surface area contributed by atoms with Crippen LogP contribution in [0.3, 0.4) is 0 Å². The molecule has 0 aliphatic rings. The maximum absolute atomic E-state index is 12.7. The summed E-state index contributed by atoms with van der Waals surface area (Å²) in [6.07, 6.45) is 0. The number of sulfonamides is 1. The zero-order valence-electron chi connectivity index (χ0n) is 10.2. The third-order valence-electron chi connectivity index (χ3n) is 2.54. The van der Waals surface area contributed by atoms with Crippen molar-refractivity contribution in [2.45, 2.75) is 11.5 Å². The Kier molecular flexibility index (Phi) is 4.27. The van der Waals surface area contributed by atoms with E-state index < -0.39 is 10.0 Å². The molecule has 0 aliphatic heterocycles. The van der Waals surface area contributed by atoms with Crippen LogP contribution >= 0.6 is 11.6 Å². The minimum Gasteiger partial charge on any atom is -0.487 e. The Morgan fingerprint density at radius 3 is 2.35 bits per heavy atom. The van der Waals surface area contributed by atoms with Gasteiger partial charge in [0.2, 0.25) is 10.0 Å². The Bertz CT molecular complexity index is 717. The Morgan fingerprint density at radius 1 is 1.15 bits per heavy atom. The third-order valence-corrected chi connectivity index (χ3v) is 3.75. The number of benzene rings is 2. The predicted molar refractivity (Wildman–Crippen MR) is 73.6 cm³/mol. The van der Waals surface area contributed by atoms with Gasteiger partial charge in [-0.25, -0.2) is 17.9 Å². The van der Waals surface area contributed by atoms with Crippen LogP contribution < -0.4 is 9.88 Å². The van der Waals surface area contributed by atoms with Gasteiger partial charge in [-0.1, -0.05) is 23.7 Å². The van der Waals surface area contributed by atoms with E-state index in [4.69, 9.17) is 21.5 Å². The molecular formula is C13H11ClFNO3S. The van der Waals surface area contributed by atoms with Gasteiger partial charge in [0.1, 0.15) is 18.2 Å². The lowest BCUT2D eigenvalue weighted by molar-refractivity contribution is 0.306. The highest BCUT2D eigenvalue weighted by Crippen LogP contribution is 2.27. The highest BCUT2D eigenvalue weighted by molar-refractivity contribution is 7.89. The first-order valence-electron chi connectivity index (χ1n) is 5.56. The van der Waals surface area contributed by atoms with E-state index in [0.717, 1.165) is 5.56 Å². The molecule has 0 saturated carbocycles. The monoisotopic (exact) mass is 315 g/mol. The van der Waals surface area contributed by atoms with Crippen molar-refractivity contribution >= 4 is 21.6 Å². The van der Waals surface area contributed by atoms with Gasteiger partial charge < -0.3 is 4.74 Å². The smallest absolute Gasteiger partial charge is 0.238 e. The zero-order chi connectivity index (χ0) is 14.8. The average molecular weight is 316 g/mol. The first-order chi connectivity index (χ1) is 9.36. The first kappa shape index (κ1) is 14.8. The van der Waals surface area contributed by atoms with Crippen molar-refractivity contribution in [3.8, 4) is 5.75 Å². The molecule has 7 heteroatoms. The summed E-state index contributed by atoms with van der Waals surface area (Å²) in [5.41, 5.74) is 0.762. The number of primary sulfonamides is 1. The van der Waals surface area contributed by atoms with Gasteiger partial charge in [0.15, 0.2) is 0 Å². The quantitative estimate of drug-likeness (QED) is 0.943. The van der Waals surface area contributed by atoms with Crippen molar-refractivity contribution in [2.24, 2.45) is 5.14 Å². The summed E-state index contributed by atoms with van der Waals surface area (Å²) >= 11 is 5.92. The Morgan fingerprint density at radius 2 is 1.80 bits per heavy atom. The minimum atomic E-state index is -3.80. The maximum atomic E-state index is 12.7. The number of rotatable bonds is 4. The molecule has 0 fully saturated rings. The third kappa shape index (κ3) is 3.69. The van der Waals surface area contributed by atoms with E-state index >= 15 is 0 Å². The molecule has 2 N–H and O–H groups in total. The van der Waals surface area contributed by atoms with Crippen LogP contribution in [-0.2, 0) is 16.6 Å². The van der Waals surface area contributed by atoms with Gasteiger partial charge in [-0.05, 0) is 35.9 Å². The van der Waals surface area contributed by atoms with E-state index in [2.05, 4.69) is 0 Å². The minimum absolute atomic E-state index is 0.0865. The van der Waals surface area contributed by atoms with Crippen molar-refractivity contribution in [1.82, 2.24) is 0 Å². The molecule has 106 valence electrons. The molecule has 0 bridgehead atoms. The highest BCUT2D eigenvalue weighted by atomic mass is 35.5.